The van der Waals surface area contributed by atoms with Gasteiger partial charge in [0.1, 0.15) is 0 Å². The van der Waals surface area contributed by atoms with Gasteiger partial charge in [0.05, 0.1) is 18.2 Å². The first-order valence-corrected chi connectivity index (χ1v) is 8.84. The Hall–Kier alpha value is -2.35. The summed E-state index contributed by atoms with van der Waals surface area (Å²) in [7, 11) is 0. The van der Waals surface area contributed by atoms with Crippen LogP contribution in [0.1, 0.15) is 40.7 Å². The summed E-state index contributed by atoms with van der Waals surface area (Å²) in [6.45, 7) is 3.70. The first-order valence-electron chi connectivity index (χ1n) is 7.96. The summed E-state index contributed by atoms with van der Waals surface area (Å²) in [6, 6.07) is 7.49. The lowest BCUT2D eigenvalue weighted by Crippen LogP contribution is -2.39. The fraction of sp³-hybridized carbons (Fsp3) is 0.333. The first-order chi connectivity index (χ1) is 12.2. The zero-order valence-electron chi connectivity index (χ0n) is 14.3. The van der Waals surface area contributed by atoms with Crippen molar-refractivity contribution in [2.75, 3.05) is 6.54 Å². The van der Waals surface area contributed by atoms with Crippen LogP contribution in [0.3, 0.4) is 0 Å². The minimum atomic E-state index is -4.46. The van der Waals surface area contributed by atoms with Gasteiger partial charge in [0, 0.05) is 10.4 Å². The summed E-state index contributed by atoms with van der Waals surface area (Å²) in [5, 5.41) is 7.20. The monoisotopic (exact) mass is 384 g/mol. The molecular formula is C18H19F3N2O2S. The summed E-state index contributed by atoms with van der Waals surface area (Å²) in [5.41, 5.74) is -0.771. The molecule has 0 bridgehead atoms. The third kappa shape index (κ3) is 5.32. The van der Waals surface area contributed by atoms with Crippen LogP contribution in [-0.2, 0) is 11.0 Å². The Morgan fingerprint density at radius 3 is 2.27 bits per heavy atom. The Morgan fingerprint density at radius 1 is 1.12 bits per heavy atom. The molecule has 0 aliphatic rings. The molecule has 2 aromatic rings. The van der Waals surface area contributed by atoms with E-state index in [0.717, 1.165) is 29.1 Å². The molecule has 2 amide bonds. The predicted octanol–water partition coefficient (Wildman–Crippen LogP) is 4.01. The Bertz CT molecular complexity index is 741. The maximum atomic E-state index is 12.5. The lowest BCUT2D eigenvalue weighted by molar-refractivity contribution is -0.137. The molecule has 0 saturated carbocycles. The van der Waals surface area contributed by atoms with Gasteiger partial charge in [-0.25, -0.2) is 0 Å². The van der Waals surface area contributed by atoms with E-state index in [1.807, 2.05) is 31.4 Å². The van der Waals surface area contributed by atoms with Crippen molar-refractivity contribution >= 4 is 23.2 Å². The second-order valence-corrected chi connectivity index (χ2v) is 7.04. The van der Waals surface area contributed by atoms with Crippen LogP contribution >= 0.6 is 11.3 Å². The number of nitrogens with one attached hydrogen (secondary N) is 2. The molecule has 4 nitrogen and oxygen atoms in total. The van der Waals surface area contributed by atoms with Gasteiger partial charge in [-0.15, -0.1) is 11.3 Å². The molecule has 1 aromatic heterocycles. The van der Waals surface area contributed by atoms with Crippen molar-refractivity contribution in [3.63, 3.8) is 0 Å². The zero-order valence-corrected chi connectivity index (χ0v) is 15.1. The van der Waals surface area contributed by atoms with E-state index in [4.69, 9.17) is 0 Å². The number of benzene rings is 1. The number of alkyl halides is 3. The van der Waals surface area contributed by atoms with E-state index < -0.39 is 17.6 Å². The van der Waals surface area contributed by atoms with Crippen molar-refractivity contribution in [3.05, 3.63) is 57.8 Å². The summed E-state index contributed by atoms with van der Waals surface area (Å²) in [5.74, 6) is -0.799. The molecule has 0 spiro atoms. The number of carbonyl (C=O) groups excluding carboxylic acids is 2. The van der Waals surface area contributed by atoms with Gasteiger partial charge in [0.2, 0.25) is 5.91 Å². The van der Waals surface area contributed by atoms with Crippen molar-refractivity contribution in [1.29, 1.82) is 0 Å². The topological polar surface area (TPSA) is 58.2 Å². The zero-order chi connectivity index (χ0) is 19.3. The van der Waals surface area contributed by atoms with Crippen molar-refractivity contribution in [2.45, 2.75) is 26.1 Å². The standard InChI is InChI=1S/C18H19F3N2O2S/c1-11(2)16(14-4-3-9-26-14)23-15(24)10-22-17(25)12-5-7-13(8-6-12)18(19,20)21/h3-9,11,16H,10H2,1-2H3,(H,22,25)(H,23,24)/t16-/m1/s1. The van der Waals surface area contributed by atoms with E-state index in [1.165, 1.54) is 11.3 Å². The fourth-order valence-corrected chi connectivity index (χ4v) is 3.28. The highest BCUT2D eigenvalue weighted by molar-refractivity contribution is 7.10. The average molecular weight is 384 g/mol. The molecular weight excluding hydrogens is 365 g/mol. The number of hydrogen-bond acceptors (Lipinski definition) is 3. The summed E-state index contributed by atoms with van der Waals surface area (Å²) < 4.78 is 37.6. The summed E-state index contributed by atoms with van der Waals surface area (Å²) in [4.78, 5) is 25.1. The van der Waals surface area contributed by atoms with Gasteiger partial charge in [-0.1, -0.05) is 19.9 Å². The van der Waals surface area contributed by atoms with E-state index >= 15 is 0 Å². The fourth-order valence-electron chi connectivity index (χ4n) is 2.33. The molecule has 1 heterocycles. The second-order valence-electron chi connectivity index (χ2n) is 6.06. The van der Waals surface area contributed by atoms with Crippen LogP contribution in [0, 0.1) is 5.92 Å². The van der Waals surface area contributed by atoms with Crippen LogP contribution in [0.25, 0.3) is 0 Å². The molecule has 1 atom stereocenters. The number of amides is 2. The van der Waals surface area contributed by atoms with Crippen molar-refractivity contribution < 1.29 is 22.8 Å². The Labute approximate surface area is 153 Å². The Morgan fingerprint density at radius 2 is 1.77 bits per heavy atom. The molecule has 1 aromatic carbocycles. The molecule has 0 aliphatic carbocycles. The van der Waals surface area contributed by atoms with Crippen molar-refractivity contribution in [1.82, 2.24) is 10.6 Å². The second kappa shape index (κ2) is 8.35. The first kappa shape index (κ1) is 20.0. The van der Waals surface area contributed by atoms with Gasteiger partial charge < -0.3 is 10.6 Å². The number of carbonyl (C=O) groups is 2. The molecule has 2 rings (SSSR count). The van der Waals surface area contributed by atoms with Crippen molar-refractivity contribution in [2.24, 2.45) is 5.92 Å². The van der Waals surface area contributed by atoms with Crippen molar-refractivity contribution in [3.8, 4) is 0 Å². The third-order valence-corrected chi connectivity index (χ3v) is 4.67. The molecule has 0 aliphatic heterocycles. The minimum absolute atomic E-state index is 0.0597. The Kier molecular flexibility index (Phi) is 6.42. The number of rotatable bonds is 6. The number of thiophene rings is 1. The molecule has 0 unspecified atom stereocenters. The molecule has 140 valence electrons. The van der Waals surface area contributed by atoms with Gasteiger partial charge in [-0.2, -0.15) is 13.2 Å². The highest BCUT2D eigenvalue weighted by atomic mass is 32.1. The molecule has 26 heavy (non-hydrogen) atoms. The summed E-state index contributed by atoms with van der Waals surface area (Å²) in [6.07, 6.45) is -4.46. The third-order valence-electron chi connectivity index (χ3n) is 3.72. The van der Waals surface area contributed by atoms with E-state index in [9.17, 15) is 22.8 Å². The maximum Gasteiger partial charge on any atom is 0.416 e. The smallest absolute Gasteiger partial charge is 0.347 e. The number of halogens is 3. The molecule has 8 heteroatoms. The number of hydrogen-bond donors (Lipinski definition) is 2. The van der Waals surface area contributed by atoms with E-state index in [1.54, 1.807) is 0 Å². The van der Waals surface area contributed by atoms with Crippen LogP contribution in [0.5, 0.6) is 0 Å². The van der Waals surface area contributed by atoms with Crippen LogP contribution in [0.15, 0.2) is 41.8 Å². The van der Waals surface area contributed by atoms with Gasteiger partial charge in [-0.3, -0.25) is 9.59 Å². The van der Waals surface area contributed by atoms with E-state index in [-0.39, 0.29) is 30.0 Å². The van der Waals surface area contributed by atoms with Crippen LogP contribution < -0.4 is 10.6 Å². The lowest BCUT2D eigenvalue weighted by Gasteiger charge is -2.21. The molecule has 2 N–H and O–H groups in total. The summed E-state index contributed by atoms with van der Waals surface area (Å²) >= 11 is 1.53. The van der Waals surface area contributed by atoms with Gasteiger partial charge in [-0.05, 0) is 41.6 Å². The SMILES string of the molecule is CC(C)[C@@H](NC(=O)CNC(=O)c1ccc(C(F)(F)F)cc1)c1cccs1. The molecule has 0 fully saturated rings. The quantitative estimate of drug-likeness (QED) is 0.791. The van der Waals surface area contributed by atoms with Gasteiger partial charge in [0.15, 0.2) is 0 Å². The molecule has 0 saturated heterocycles. The normalized spacial score (nSPS) is 12.7. The maximum absolute atomic E-state index is 12.5. The highest BCUT2D eigenvalue weighted by Gasteiger charge is 2.30. The highest BCUT2D eigenvalue weighted by Crippen LogP contribution is 2.29. The van der Waals surface area contributed by atoms with Crippen LogP contribution in [-0.4, -0.2) is 18.4 Å². The van der Waals surface area contributed by atoms with E-state index in [2.05, 4.69) is 10.6 Å². The van der Waals surface area contributed by atoms with E-state index in [0.29, 0.717) is 0 Å². The molecule has 0 radical (unpaired) electrons. The van der Waals surface area contributed by atoms with Crippen LogP contribution in [0.4, 0.5) is 13.2 Å². The lowest BCUT2D eigenvalue weighted by atomic mass is 10.0. The minimum Gasteiger partial charge on any atom is -0.347 e. The predicted molar refractivity (Wildman–Crippen MR) is 93.8 cm³/mol. The van der Waals surface area contributed by atoms with Gasteiger partial charge >= 0.3 is 6.18 Å². The average Bonchev–Trinajstić information content (AvgIpc) is 3.10. The van der Waals surface area contributed by atoms with Gasteiger partial charge in [0.25, 0.3) is 5.91 Å². The Balaban J connectivity index is 1.91. The van der Waals surface area contributed by atoms with Crippen LogP contribution in [0.2, 0.25) is 0 Å². The largest absolute Gasteiger partial charge is 0.416 e.